The first kappa shape index (κ1) is 9.04. The molecular weight excluding hydrogens is 150 g/mol. The summed E-state index contributed by atoms with van der Waals surface area (Å²) in [5.41, 5.74) is 1.94. The van der Waals surface area contributed by atoms with Gasteiger partial charge in [-0.3, -0.25) is 4.79 Å². The maximum atomic E-state index is 11.3. The Balaban J connectivity index is 3.09. The number of rotatable bonds is 2. The summed E-state index contributed by atoms with van der Waals surface area (Å²) in [7, 11) is 0. The number of carbonyl (C=O) groups excluding carboxylic acids is 1. The maximum Gasteiger partial charge on any atom is 0.251 e. The Labute approximate surface area is 73.4 Å². The summed E-state index contributed by atoms with van der Waals surface area (Å²) in [5.74, 6) is 0.424. The van der Waals surface area contributed by atoms with Crippen molar-refractivity contribution in [2.75, 3.05) is 0 Å². The summed E-state index contributed by atoms with van der Waals surface area (Å²) in [6.07, 6.45) is 1.65. The standard InChI is InChI=1S/C10H15NO/c1-5-8-9(6(2)3)7(4)11-10(8)12/h5-7H,1H2,2-4H3,(H,11,12). The van der Waals surface area contributed by atoms with E-state index < -0.39 is 0 Å². The van der Waals surface area contributed by atoms with Gasteiger partial charge in [-0.25, -0.2) is 0 Å². The third-order valence-electron chi connectivity index (χ3n) is 2.20. The van der Waals surface area contributed by atoms with E-state index in [1.54, 1.807) is 6.08 Å². The van der Waals surface area contributed by atoms with Crippen LogP contribution < -0.4 is 5.32 Å². The molecule has 1 unspecified atom stereocenters. The highest BCUT2D eigenvalue weighted by Crippen LogP contribution is 2.24. The van der Waals surface area contributed by atoms with Crippen molar-refractivity contribution in [3.05, 3.63) is 23.8 Å². The highest BCUT2D eigenvalue weighted by molar-refractivity contribution is 6.00. The SMILES string of the molecule is C=CC1=C(C(C)C)C(C)NC1=O. The molecule has 1 amide bonds. The third kappa shape index (κ3) is 1.29. The largest absolute Gasteiger partial charge is 0.346 e. The molecule has 0 saturated heterocycles. The van der Waals surface area contributed by atoms with Crippen LogP contribution in [0, 0.1) is 5.92 Å². The van der Waals surface area contributed by atoms with E-state index in [0.717, 1.165) is 5.57 Å². The quantitative estimate of drug-likeness (QED) is 0.662. The molecule has 0 aromatic rings. The van der Waals surface area contributed by atoms with Crippen molar-refractivity contribution in [2.45, 2.75) is 26.8 Å². The van der Waals surface area contributed by atoms with Crippen molar-refractivity contribution in [1.82, 2.24) is 5.32 Å². The summed E-state index contributed by atoms with van der Waals surface area (Å²) in [4.78, 5) is 11.3. The average molecular weight is 165 g/mol. The molecule has 0 spiro atoms. The molecule has 2 nitrogen and oxygen atoms in total. The second kappa shape index (κ2) is 3.13. The molecule has 0 aromatic carbocycles. The van der Waals surface area contributed by atoms with Gasteiger partial charge in [-0.15, -0.1) is 0 Å². The normalized spacial score (nSPS) is 23.3. The van der Waals surface area contributed by atoms with Gasteiger partial charge in [0.05, 0.1) is 0 Å². The molecule has 0 aliphatic carbocycles. The first-order chi connectivity index (χ1) is 5.57. The minimum atomic E-state index is 0.0150. The van der Waals surface area contributed by atoms with E-state index in [2.05, 4.69) is 25.7 Å². The first-order valence-electron chi connectivity index (χ1n) is 4.25. The van der Waals surface area contributed by atoms with Gasteiger partial charge in [-0.1, -0.05) is 26.5 Å². The number of amides is 1. The number of hydrogen-bond donors (Lipinski definition) is 1. The van der Waals surface area contributed by atoms with Crippen LogP contribution in [0.5, 0.6) is 0 Å². The van der Waals surface area contributed by atoms with Crippen molar-refractivity contribution in [3.63, 3.8) is 0 Å². The summed E-state index contributed by atoms with van der Waals surface area (Å²) in [5, 5.41) is 2.86. The number of carbonyl (C=O) groups is 1. The number of hydrogen-bond acceptors (Lipinski definition) is 1. The zero-order valence-corrected chi connectivity index (χ0v) is 7.85. The highest BCUT2D eigenvalue weighted by Gasteiger charge is 2.27. The fraction of sp³-hybridized carbons (Fsp3) is 0.500. The lowest BCUT2D eigenvalue weighted by atomic mass is 9.95. The molecule has 1 aliphatic heterocycles. The minimum absolute atomic E-state index is 0.0150. The van der Waals surface area contributed by atoms with Gasteiger partial charge in [-0.05, 0) is 18.4 Å². The molecule has 12 heavy (non-hydrogen) atoms. The molecule has 0 aromatic heterocycles. The van der Waals surface area contributed by atoms with Crippen molar-refractivity contribution in [3.8, 4) is 0 Å². The van der Waals surface area contributed by atoms with Crippen LogP contribution in [0.4, 0.5) is 0 Å². The van der Waals surface area contributed by atoms with Crippen LogP contribution in [-0.4, -0.2) is 11.9 Å². The van der Waals surface area contributed by atoms with E-state index in [0.29, 0.717) is 5.92 Å². The molecule has 1 atom stereocenters. The molecule has 1 rings (SSSR count). The zero-order valence-electron chi connectivity index (χ0n) is 7.85. The van der Waals surface area contributed by atoms with E-state index in [1.807, 2.05) is 6.92 Å². The van der Waals surface area contributed by atoms with Crippen molar-refractivity contribution in [2.24, 2.45) is 5.92 Å². The lowest BCUT2D eigenvalue weighted by Gasteiger charge is -2.12. The molecular formula is C10H15NO. The molecule has 0 radical (unpaired) electrons. The van der Waals surface area contributed by atoms with Crippen LogP contribution in [0.15, 0.2) is 23.8 Å². The Morgan fingerprint density at radius 1 is 1.58 bits per heavy atom. The van der Waals surface area contributed by atoms with Gasteiger partial charge < -0.3 is 5.32 Å². The molecule has 1 heterocycles. The van der Waals surface area contributed by atoms with Gasteiger partial charge in [0.2, 0.25) is 0 Å². The van der Waals surface area contributed by atoms with Gasteiger partial charge >= 0.3 is 0 Å². The monoisotopic (exact) mass is 165 g/mol. The lowest BCUT2D eigenvalue weighted by molar-refractivity contribution is -0.116. The van der Waals surface area contributed by atoms with E-state index in [1.165, 1.54) is 5.57 Å². The van der Waals surface area contributed by atoms with Gasteiger partial charge in [-0.2, -0.15) is 0 Å². The topological polar surface area (TPSA) is 29.1 Å². The minimum Gasteiger partial charge on any atom is -0.346 e. The zero-order chi connectivity index (χ0) is 9.30. The Morgan fingerprint density at radius 3 is 2.50 bits per heavy atom. The fourth-order valence-electron chi connectivity index (χ4n) is 1.74. The lowest BCUT2D eigenvalue weighted by Crippen LogP contribution is -2.26. The summed E-state index contributed by atoms with van der Waals surface area (Å²) in [6, 6.07) is 0.172. The van der Waals surface area contributed by atoms with E-state index >= 15 is 0 Å². The summed E-state index contributed by atoms with van der Waals surface area (Å²) in [6.45, 7) is 9.83. The Morgan fingerprint density at radius 2 is 2.17 bits per heavy atom. The molecule has 2 heteroatoms. The third-order valence-corrected chi connectivity index (χ3v) is 2.20. The van der Waals surface area contributed by atoms with Crippen molar-refractivity contribution >= 4 is 5.91 Å². The predicted molar refractivity (Wildman–Crippen MR) is 49.7 cm³/mol. The van der Waals surface area contributed by atoms with Gasteiger partial charge in [0.1, 0.15) is 0 Å². The molecule has 1 aliphatic rings. The van der Waals surface area contributed by atoms with Crippen molar-refractivity contribution < 1.29 is 4.79 Å². The molecule has 66 valence electrons. The van der Waals surface area contributed by atoms with Crippen LogP contribution in [0.2, 0.25) is 0 Å². The van der Waals surface area contributed by atoms with Gasteiger partial charge in [0.25, 0.3) is 5.91 Å². The Bertz CT molecular complexity index is 251. The van der Waals surface area contributed by atoms with Gasteiger partial charge in [0.15, 0.2) is 0 Å². The van der Waals surface area contributed by atoms with E-state index in [-0.39, 0.29) is 11.9 Å². The highest BCUT2D eigenvalue weighted by atomic mass is 16.2. The molecule has 0 saturated carbocycles. The smallest absolute Gasteiger partial charge is 0.251 e. The van der Waals surface area contributed by atoms with E-state index in [4.69, 9.17) is 0 Å². The average Bonchev–Trinajstić information content (AvgIpc) is 2.24. The second-order valence-corrected chi connectivity index (χ2v) is 3.42. The predicted octanol–water partition coefficient (Wildman–Crippen LogP) is 1.64. The molecule has 0 bridgehead atoms. The number of nitrogens with one attached hydrogen (secondary N) is 1. The van der Waals surface area contributed by atoms with Crippen molar-refractivity contribution in [1.29, 1.82) is 0 Å². The molecule has 1 N–H and O–H groups in total. The van der Waals surface area contributed by atoms with Crippen LogP contribution in [0.1, 0.15) is 20.8 Å². The van der Waals surface area contributed by atoms with E-state index in [9.17, 15) is 4.79 Å². The fourth-order valence-corrected chi connectivity index (χ4v) is 1.74. The maximum absolute atomic E-state index is 11.3. The first-order valence-corrected chi connectivity index (χ1v) is 4.25. The second-order valence-electron chi connectivity index (χ2n) is 3.42. The van der Waals surface area contributed by atoms with Crippen LogP contribution in [-0.2, 0) is 4.79 Å². The van der Waals surface area contributed by atoms with Crippen LogP contribution in [0.3, 0.4) is 0 Å². The molecule has 0 fully saturated rings. The Kier molecular flexibility index (Phi) is 2.36. The summed E-state index contributed by atoms with van der Waals surface area (Å²) < 4.78 is 0. The van der Waals surface area contributed by atoms with Gasteiger partial charge in [0, 0.05) is 11.6 Å². The Hall–Kier alpha value is -1.05. The van der Waals surface area contributed by atoms with Crippen LogP contribution >= 0.6 is 0 Å². The summed E-state index contributed by atoms with van der Waals surface area (Å²) >= 11 is 0. The van der Waals surface area contributed by atoms with Crippen LogP contribution in [0.25, 0.3) is 0 Å².